The molecular weight excluding hydrogens is 278 g/mol. The van der Waals surface area contributed by atoms with Gasteiger partial charge in [0, 0.05) is 34.2 Å². The number of nitrogen functional groups attached to an aromatic ring is 1. The minimum atomic E-state index is 0.726. The predicted octanol–water partition coefficient (Wildman–Crippen LogP) is 3.35. The summed E-state index contributed by atoms with van der Waals surface area (Å²) in [5.74, 6) is 0. The molecule has 1 aromatic carbocycles. The summed E-state index contributed by atoms with van der Waals surface area (Å²) in [5, 5.41) is 0. The number of rotatable bonds is 1. The minimum Gasteiger partial charge on any atom is -0.399 e. The molecule has 0 radical (unpaired) electrons. The maximum atomic E-state index is 5.74. The van der Waals surface area contributed by atoms with Crippen molar-refractivity contribution in [2.45, 2.75) is 0 Å². The Morgan fingerprint density at radius 1 is 1.18 bits per heavy atom. The third-order valence-electron chi connectivity index (χ3n) is 2.60. The number of benzene rings is 1. The van der Waals surface area contributed by atoms with Crippen LogP contribution in [0.15, 0.2) is 53.3 Å². The smallest absolute Gasteiger partial charge is 0.139 e. The van der Waals surface area contributed by atoms with Gasteiger partial charge >= 0.3 is 0 Å². The first-order valence-electron chi connectivity index (χ1n) is 5.22. The molecule has 2 heterocycles. The average molecular weight is 288 g/mol. The highest BCUT2D eigenvalue weighted by Gasteiger charge is 2.04. The fourth-order valence-corrected chi connectivity index (χ4v) is 2.18. The summed E-state index contributed by atoms with van der Waals surface area (Å²) in [6.07, 6.45) is 3.91. The summed E-state index contributed by atoms with van der Waals surface area (Å²) >= 11 is 3.46. The molecule has 0 spiro atoms. The molecule has 0 aliphatic heterocycles. The van der Waals surface area contributed by atoms with Crippen LogP contribution in [0.1, 0.15) is 0 Å². The van der Waals surface area contributed by atoms with Crippen molar-refractivity contribution in [2.24, 2.45) is 0 Å². The van der Waals surface area contributed by atoms with Gasteiger partial charge in [-0.05, 0) is 18.2 Å². The number of fused-ring (bicyclic) bond motifs is 1. The number of hydrogen-bond donors (Lipinski definition) is 1. The van der Waals surface area contributed by atoms with Gasteiger partial charge in [-0.15, -0.1) is 0 Å². The molecule has 4 heteroatoms. The Labute approximate surface area is 107 Å². The molecule has 0 saturated heterocycles. The Bertz CT molecular complexity index is 688. The molecule has 17 heavy (non-hydrogen) atoms. The van der Waals surface area contributed by atoms with Crippen molar-refractivity contribution in [3.63, 3.8) is 0 Å². The van der Waals surface area contributed by atoms with E-state index >= 15 is 0 Å². The SMILES string of the molecule is Nc1ccn2cc(-c3cccc(Br)c3)nc2c1. The van der Waals surface area contributed by atoms with Crippen molar-refractivity contribution in [3.8, 4) is 11.3 Å². The quantitative estimate of drug-likeness (QED) is 0.746. The van der Waals surface area contributed by atoms with Crippen LogP contribution >= 0.6 is 15.9 Å². The number of aromatic nitrogens is 2. The Hall–Kier alpha value is -1.81. The van der Waals surface area contributed by atoms with E-state index in [2.05, 4.69) is 20.9 Å². The van der Waals surface area contributed by atoms with Crippen molar-refractivity contribution >= 4 is 27.3 Å². The lowest BCUT2D eigenvalue weighted by atomic mass is 10.2. The average Bonchev–Trinajstić information content (AvgIpc) is 2.72. The van der Waals surface area contributed by atoms with E-state index in [0.717, 1.165) is 27.1 Å². The summed E-state index contributed by atoms with van der Waals surface area (Å²) < 4.78 is 3.01. The molecule has 0 bridgehead atoms. The Balaban J connectivity index is 2.18. The summed E-state index contributed by atoms with van der Waals surface area (Å²) in [4.78, 5) is 4.55. The summed E-state index contributed by atoms with van der Waals surface area (Å²) in [6.45, 7) is 0. The van der Waals surface area contributed by atoms with Gasteiger partial charge in [-0.25, -0.2) is 4.98 Å². The van der Waals surface area contributed by atoms with E-state index in [9.17, 15) is 0 Å². The molecule has 0 unspecified atom stereocenters. The largest absolute Gasteiger partial charge is 0.399 e. The number of imidazole rings is 1. The molecule has 3 rings (SSSR count). The Morgan fingerprint density at radius 2 is 2.06 bits per heavy atom. The van der Waals surface area contributed by atoms with E-state index in [4.69, 9.17) is 5.73 Å². The maximum Gasteiger partial charge on any atom is 0.139 e. The van der Waals surface area contributed by atoms with Gasteiger partial charge in [-0.3, -0.25) is 0 Å². The topological polar surface area (TPSA) is 43.3 Å². The van der Waals surface area contributed by atoms with Crippen LogP contribution in [-0.2, 0) is 0 Å². The molecule has 0 fully saturated rings. The molecule has 0 aliphatic carbocycles. The second-order valence-corrected chi connectivity index (χ2v) is 4.78. The minimum absolute atomic E-state index is 0.726. The molecule has 0 aliphatic rings. The molecule has 0 amide bonds. The molecule has 3 nitrogen and oxygen atoms in total. The van der Waals surface area contributed by atoms with Crippen molar-refractivity contribution in [2.75, 3.05) is 5.73 Å². The van der Waals surface area contributed by atoms with Gasteiger partial charge < -0.3 is 10.1 Å². The van der Waals surface area contributed by atoms with Crippen LogP contribution in [-0.4, -0.2) is 9.38 Å². The highest BCUT2D eigenvalue weighted by molar-refractivity contribution is 9.10. The molecular formula is C13H10BrN3. The molecule has 2 aromatic heterocycles. The van der Waals surface area contributed by atoms with Gasteiger partial charge in [0.1, 0.15) is 5.65 Å². The molecule has 0 saturated carbocycles. The summed E-state index contributed by atoms with van der Waals surface area (Å²) in [6, 6.07) is 11.8. The number of nitrogens with two attached hydrogens (primary N) is 1. The molecule has 0 atom stereocenters. The van der Waals surface area contributed by atoms with Crippen LogP contribution < -0.4 is 5.73 Å². The zero-order valence-electron chi connectivity index (χ0n) is 8.97. The standard InChI is InChI=1S/C13H10BrN3/c14-10-3-1-2-9(6-10)12-8-17-5-4-11(15)7-13(17)16-12/h1-8H,15H2. The lowest BCUT2D eigenvalue weighted by Gasteiger charge is -1.95. The van der Waals surface area contributed by atoms with E-state index < -0.39 is 0 Å². The highest BCUT2D eigenvalue weighted by atomic mass is 79.9. The number of halogens is 1. The zero-order chi connectivity index (χ0) is 11.8. The lowest BCUT2D eigenvalue weighted by Crippen LogP contribution is -1.87. The van der Waals surface area contributed by atoms with Crippen LogP contribution in [0, 0.1) is 0 Å². The van der Waals surface area contributed by atoms with E-state index in [1.54, 1.807) is 0 Å². The van der Waals surface area contributed by atoms with Gasteiger partial charge in [0.25, 0.3) is 0 Å². The van der Waals surface area contributed by atoms with Crippen LogP contribution in [0.4, 0.5) is 5.69 Å². The first-order chi connectivity index (χ1) is 8.22. The fraction of sp³-hybridized carbons (Fsp3) is 0. The molecule has 84 valence electrons. The van der Waals surface area contributed by atoms with Crippen molar-refractivity contribution in [1.82, 2.24) is 9.38 Å². The first kappa shape index (κ1) is 10.4. The second kappa shape index (κ2) is 3.89. The van der Waals surface area contributed by atoms with E-state index in [1.165, 1.54) is 0 Å². The predicted molar refractivity (Wildman–Crippen MR) is 72.7 cm³/mol. The lowest BCUT2D eigenvalue weighted by molar-refractivity contribution is 1.19. The van der Waals surface area contributed by atoms with Gasteiger partial charge in [-0.1, -0.05) is 28.1 Å². The van der Waals surface area contributed by atoms with Crippen LogP contribution in [0.25, 0.3) is 16.9 Å². The number of nitrogens with zero attached hydrogens (tertiary/aromatic N) is 2. The Morgan fingerprint density at radius 3 is 2.88 bits per heavy atom. The molecule has 2 N–H and O–H groups in total. The van der Waals surface area contributed by atoms with Crippen LogP contribution in [0.5, 0.6) is 0 Å². The number of anilines is 1. The van der Waals surface area contributed by atoms with E-state index in [1.807, 2.05) is 53.2 Å². The Kier molecular flexibility index (Phi) is 2.37. The third kappa shape index (κ3) is 1.91. The van der Waals surface area contributed by atoms with Crippen molar-refractivity contribution < 1.29 is 0 Å². The van der Waals surface area contributed by atoms with Crippen LogP contribution in [0.2, 0.25) is 0 Å². The van der Waals surface area contributed by atoms with Crippen LogP contribution in [0.3, 0.4) is 0 Å². The summed E-state index contributed by atoms with van der Waals surface area (Å²) in [5.41, 5.74) is 9.35. The maximum absolute atomic E-state index is 5.74. The summed E-state index contributed by atoms with van der Waals surface area (Å²) in [7, 11) is 0. The first-order valence-corrected chi connectivity index (χ1v) is 6.02. The van der Waals surface area contributed by atoms with Gasteiger partial charge in [0.15, 0.2) is 0 Å². The monoisotopic (exact) mass is 287 g/mol. The third-order valence-corrected chi connectivity index (χ3v) is 3.10. The number of hydrogen-bond acceptors (Lipinski definition) is 2. The van der Waals surface area contributed by atoms with Gasteiger partial charge in [-0.2, -0.15) is 0 Å². The van der Waals surface area contributed by atoms with Crippen molar-refractivity contribution in [3.05, 3.63) is 53.3 Å². The van der Waals surface area contributed by atoms with Gasteiger partial charge in [0.05, 0.1) is 5.69 Å². The fourth-order valence-electron chi connectivity index (χ4n) is 1.78. The highest BCUT2D eigenvalue weighted by Crippen LogP contribution is 2.23. The van der Waals surface area contributed by atoms with E-state index in [0.29, 0.717) is 0 Å². The second-order valence-electron chi connectivity index (χ2n) is 3.86. The number of pyridine rings is 1. The zero-order valence-corrected chi connectivity index (χ0v) is 10.6. The van der Waals surface area contributed by atoms with Gasteiger partial charge in [0.2, 0.25) is 0 Å². The molecule has 3 aromatic rings. The van der Waals surface area contributed by atoms with Crippen molar-refractivity contribution in [1.29, 1.82) is 0 Å². The normalized spacial score (nSPS) is 10.9. The van der Waals surface area contributed by atoms with E-state index in [-0.39, 0.29) is 0 Å².